The van der Waals surface area contributed by atoms with Crippen LogP contribution in [0.1, 0.15) is 0 Å². The fourth-order valence-corrected chi connectivity index (χ4v) is 0.631. The third kappa shape index (κ3) is 2.69. The number of hydrogen-bond acceptors (Lipinski definition) is 2. The molecule has 0 aliphatic rings. The van der Waals surface area contributed by atoms with E-state index < -0.39 is 12.1 Å². The highest BCUT2D eigenvalue weighted by Gasteiger charge is 2.31. The first-order valence-electron chi connectivity index (χ1n) is 2.93. The molecule has 0 heterocycles. The Hall–Kier alpha value is -1.39. The fraction of sp³-hybridized carbons (Fsp3) is 0.143. The van der Waals surface area contributed by atoms with Gasteiger partial charge in [0.25, 0.3) is 0 Å². The van der Waals surface area contributed by atoms with E-state index >= 15 is 0 Å². The lowest BCUT2D eigenvalue weighted by molar-refractivity contribution is -0.274. The van der Waals surface area contributed by atoms with Crippen LogP contribution in [0.3, 0.4) is 0 Å². The van der Waals surface area contributed by atoms with Crippen molar-refractivity contribution in [1.29, 1.82) is 0 Å². The summed E-state index contributed by atoms with van der Waals surface area (Å²) < 4.78 is 38.2. The fourth-order valence-electron chi connectivity index (χ4n) is 0.631. The van der Waals surface area contributed by atoms with Crippen LogP contribution >= 0.6 is 0 Å². The Morgan fingerprint density at radius 2 is 2.00 bits per heavy atom. The Morgan fingerprint density at radius 1 is 1.33 bits per heavy atom. The molecule has 65 valence electrons. The molecule has 2 nitrogen and oxygen atoms in total. The number of benzene rings is 1. The van der Waals surface area contributed by atoms with E-state index in [4.69, 9.17) is 5.11 Å². The highest BCUT2D eigenvalue weighted by Crippen LogP contribution is 2.24. The van der Waals surface area contributed by atoms with Gasteiger partial charge in [0.1, 0.15) is 11.5 Å². The summed E-state index contributed by atoms with van der Waals surface area (Å²) in [7, 11) is 0. The molecule has 0 aliphatic carbocycles. The lowest BCUT2D eigenvalue weighted by Crippen LogP contribution is -2.16. The number of aromatic hydroxyl groups is 1. The topological polar surface area (TPSA) is 29.5 Å². The molecule has 5 heteroatoms. The van der Waals surface area contributed by atoms with Crippen LogP contribution in [0.15, 0.2) is 18.2 Å². The standard InChI is InChI=1S/C7H4F3O2/c8-7(9,10)12-6-3-1-2-5(11)4-6/h2-4,11H. The number of halogens is 3. The summed E-state index contributed by atoms with van der Waals surface area (Å²) in [5, 5.41) is 8.73. The number of hydrogen-bond donors (Lipinski definition) is 1. The maximum atomic E-state index is 11.6. The molecule has 0 aromatic heterocycles. The van der Waals surface area contributed by atoms with Crippen molar-refractivity contribution in [2.45, 2.75) is 6.36 Å². The van der Waals surface area contributed by atoms with Gasteiger partial charge >= 0.3 is 6.36 Å². The molecule has 1 aromatic rings. The van der Waals surface area contributed by atoms with Crippen molar-refractivity contribution >= 4 is 0 Å². The summed E-state index contributed by atoms with van der Waals surface area (Å²) >= 11 is 0. The quantitative estimate of drug-likeness (QED) is 0.711. The van der Waals surface area contributed by atoms with Crippen LogP contribution in [0.25, 0.3) is 0 Å². The monoisotopic (exact) mass is 177 g/mol. The first kappa shape index (κ1) is 8.70. The van der Waals surface area contributed by atoms with Crippen LogP contribution in [-0.4, -0.2) is 11.5 Å². The van der Waals surface area contributed by atoms with Gasteiger partial charge in [0, 0.05) is 6.07 Å². The largest absolute Gasteiger partial charge is 0.573 e. The Kier molecular flexibility index (Phi) is 2.12. The van der Waals surface area contributed by atoms with Crippen molar-refractivity contribution in [2.24, 2.45) is 0 Å². The molecule has 0 aliphatic heterocycles. The zero-order valence-electron chi connectivity index (χ0n) is 5.72. The second-order valence-electron chi connectivity index (χ2n) is 1.97. The molecule has 0 amide bonds. The third-order valence-electron chi connectivity index (χ3n) is 0.981. The minimum atomic E-state index is -4.73. The zero-order valence-corrected chi connectivity index (χ0v) is 5.72. The third-order valence-corrected chi connectivity index (χ3v) is 0.981. The SMILES string of the molecule is Oc1c[c]cc(OC(F)(F)F)c1. The molecule has 1 rings (SSSR count). The summed E-state index contributed by atoms with van der Waals surface area (Å²) in [5.74, 6) is -0.806. The summed E-state index contributed by atoms with van der Waals surface area (Å²) in [5.41, 5.74) is 0. The highest BCUT2D eigenvalue weighted by molar-refractivity contribution is 5.30. The molecule has 1 radical (unpaired) electrons. The maximum Gasteiger partial charge on any atom is 0.573 e. The van der Waals surface area contributed by atoms with E-state index in [1.54, 1.807) is 0 Å². The molecular weight excluding hydrogens is 173 g/mol. The van der Waals surface area contributed by atoms with E-state index in [2.05, 4.69) is 10.8 Å². The van der Waals surface area contributed by atoms with Crippen molar-refractivity contribution in [3.05, 3.63) is 24.3 Å². The van der Waals surface area contributed by atoms with Crippen LogP contribution in [0, 0.1) is 6.07 Å². The van der Waals surface area contributed by atoms with Crippen LogP contribution in [0.4, 0.5) is 13.2 Å². The van der Waals surface area contributed by atoms with E-state index in [0.717, 1.165) is 18.2 Å². The summed E-state index contributed by atoms with van der Waals surface area (Å²) in [6.07, 6.45) is -4.73. The average Bonchev–Trinajstić information content (AvgIpc) is 1.82. The van der Waals surface area contributed by atoms with Crippen molar-refractivity contribution in [2.75, 3.05) is 0 Å². The van der Waals surface area contributed by atoms with Crippen molar-refractivity contribution in [1.82, 2.24) is 0 Å². The zero-order chi connectivity index (χ0) is 9.19. The molecule has 0 bridgehead atoms. The van der Waals surface area contributed by atoms with E-state index in [1.165, 1.54) is 0 Å². The normalized spacial score (nSPS) is 11.2. The summed E-state index contributed by atoms with van der Waals surface area (Å²) in [6.45, 7) is 0. The van der Waals surface area contributed by atoms with Crippen LogP contribution in [0.5, 0.6) is 11.5 Å². The van der Waals surface area contributed by atoms with E-state index in [1.807, 2.05) is 0 Å². The number of rotatable bonds is 1. The van der Waals surface area contributed by atoms with Gasteiger partial charge in [0.05, 0.1) is 0 Å². The van der Waals surface area contributed by atoms with Crippen LogP contribution < -0.4 is 4.74 Å². The molecule has 0 fully saturated rings. The smallest absolute Gasteiger partial charge is 0.508 e. The van der Waals surface area contributed by atoms with Gasteiger partial charge in [-0.3, -0.25) is 0 Å². The first-order valence-corrected chi connectivity index (χ1v) is 2.93. The first-order chi connectivity index (χ1) is 5.47. The van der Waals surface area contributed by atoms with Crippen molar-refractivity contribution in [3.63, 3.8) is 0 Å². The lowest BCUT2D eigenvalue weighted by atomic mass is 10.3. The lowest BCUT2D eigenvalue weighted by Gasteiger charge is -2.07. The molecule has 0 unspecified atom stereocenters. The molecule has 12 heavy (non-hydrogen) atoms. The number of phenols is 1. The van der Waals surface area contributed by atoms with Gasteiger partial charge in [-0.15, -0.1) is 13.2 Å². The molecular formula is C7H4F3O2. The predicted octanol–water partition coefficient (Wildman–Crippen LogP) is 2.09. The van der Waals surface area contributed by atoms with Gasteiger partial charge < -0.3 is 9.84 Å². The van der Waals surface area contributed by atoms with Gasteiger partial charge in [-0.1, -0.05) is 0 Å². The molecule has 1 N–H and O–H groups in total. The second kappa shape index (κ2) is 2.92. The van der Waals surface area contributed by atoms with Gasteiger partial charge in [0.2, 0.25) is 0 Å². The second-order valence-corrected chi connectivity index (χ2v) is 1.97. The Balaban J connectivity index is 2.77. The number of phenolic OH excluding ortho intramolecular Hbond substituents is 1. The van der Waals surface area contributed by atoms with Gasteiger partial charge in [-0.05, 0) is 18.2 Å². The molecule has 0 saturated carbocycles. The van der Waals surface area contributed by atoms with Crippen molar-refractivity contribution in [3.8, 4) is 11.5 Å². The summed E-state index contributed by atoms with van der Waals surface area (Å²) in [6, 6.07) is 5.24. The minimum Gasteiger partial charge on any atom is -0.508 e. The predicted molar refractivity (Wildman–Crippen MR) is 33.6 cm³/mol. The van der Waals surface area contributed by atoms with E-state index in [9.17, 15) is 13.2 Å². The average molecular weight is 177 g/mol. The highest BCUT2D eigenvalue weighted by atomic mass is 19.4. The number of ether oxygens (including phenoxy) is 1. The van der Waals surface area contributed by atoms with Crippen LogP contribution in [0.2, 0.25) is 0 Å². The minimum absolute atomic E-state index is 0.322. The molecule has 0 spiro atoms. The molecule has 1 aromatic carbocycles. The van der Waals surface area contributed by atoms with Crippen LogP contribution in [-0.2, 0) is 0 Å². The molecule has 0 atom stereocenters. The Morgan fingerprint density at radius 3 is 2.50 bits per heavy atom. The van der Waals surface area contributed by atoms with Gasteiger partial charge in [0.15, 0.2) is 0 Å². The number of alkyl halides is 3. The maximum absolute atomic E-state index is 11.6. The molecule has 0 saturated heterocycles. The van der Waals surface area contributed by atoms with E-state index in [-0.39, 0.29) is 5.75 Å². The van der Waals surface area contributed by atoms with Gasteiger partial charge in [-0.2, -0.15) is 0 Å². The summed E-state index contributed by atoms with van der Waals surface area (Å²) in [4.78, 5) is 0. The van der Waals surface area contributed by atoms with Gasteiger partial charge in [-0.25, -0.2) is 0 Å². The Labute approximate surface area is 66.2 Å². The Bertz CT molecular complexity index is 270. The van der Waals surface area contributed by atoms with E-state index in [0.29, 0.717) is 0 Å². The van der Waals surface area contributed by atoms with Crippen molar-refractivity contribution < 1.29 is 23.0 Å².